The Labute approximate surface area is 177 Å². The summed E-state index contributed by atoms with van der Waals surface area (Å²) in [6, 6.07) is 0. The van der Waals surface area contributed by atoms with Crippen molar-refractivity contribution in [3.63, 3.8) is 0 Å². The summed E-state index contributed by atoms with van der Waals surface area (Å²) in [6.45, 7) is 10.7. The SMILES string of the molecule is C=C1[C@H](O)CC(=CC=C2CCC[C@@]3(C)C2CC[C@@H]3[C@@H](C)CCC[C@H](C)O)C[C@H]1O. The second-order valence-corrected chi connectivity index (χ2v) is 10.4. The third-order valence-corrected chi connectivity index (χ3v) is 8.31. The Morgan fingerprint density at radius 2 is 1.79 bits per heavy atom. The van der Waals surface area contributed by atoms with Gasteiger partial charge in [-0.3, -0.25) is 0 Å². The lowest BCUT2D eigenvalue weighted by atomic mass is 9.60. The summed E-state index contributed by atoms with van der Waals surface area (Å²) < 4.78 is 0. The minimum Gasteiger partial charge on any atom is -0.393 e. The molecular weight excluding hydrogens is 360 g/mol. The molecule has 0 amide bonds. The molecule has 7 atom stereocenters. The first-order valence-electron chi connectivity index (χ1n) is 11.8. The van der Waals surface area contributed by atoms with Crippen LogP contribution < -0.4 is 0 Å². The van der Waals surface area contributed by atoms with Crippen LogP contribution in [0.25, 0.3) is 0 Å². The molecule has 3 fully saturated rings. The Morgan fingerprint density at radius 3 is 2.45 bits per heavy atom. The Bertz CT molecular complexity index is 630. The van der Waals surface area contributed by atoms with Gasteiger partial charge in [0.2, 0.25) is 0 Å². The van der Waals surface area contributed by atoms with E-state index >= 15 is 0 Å². The van der Waals surface area contributed by atoms with Crippen molar-refractivity contribution < 1.29 is 15.3 Å². The number of fused-ring (bicyclic) bond motifs is 1. The number of aliphatic hydroxyl groups is 3. The molecule has 3 heteroatoms. The monoisotopic (exact) mass is 402 g/mol. The fraction of sp³-hybridized carbons (Fsp3) is 0.769. The molecular formula is C26H42O3. The van der Waals surface area contributed by atoms with Gasteiger partial charge in [0, 0.05) is 0 Å². The second-order valence-electron chi connectivity index (χ2n) is 10.4. The Morgan fingerprint density at radius 1 is 1.10 bits per heavy atom. The summed E-state index contributed by atoms with van der Waals surface area (Å²) in [6.07, 6.45) is 14.0. The van der Waals surface area contributed by atoms with E-state index in [-0.39, 0.29) is 6.10 Å². The van der Waals surface area contributed by atoms with E-state index in [2.05, 4.69) is 32.6 Å². The van der Waals surface area contributed by atoms with E-state index in [0.29, 0.717) is 29.7 Å². The second kappa shape index (κ2) is 9.49. The van der Waals surface area contributed by atoms with E-state index in [0.717, 1.165) is 30.3 Å². The van der Waals surface area contributed by atoms with Crippen LogP contribution in [0, 0.1) is 23.2 Å². The first kappa shape index (κ1) is 22.8. The predicted octanol–water partition coefficient (Wildman–Crippen LogP) is 5.31. The first-order valence-corrected chi connectivity index (χ1v) is 11.8. The summed E-state index contributed by atoms with van der Waals surface area (Å²) in [5.41, 5.74) is 3.67. The van der Waals surface area contributed by atoms with Gasteiger partial charge in [-0.15, -0.1) is 0 Å². The van der Waals surface area contributed by atoms with Crippen molar-refractivity contribution in [1.82, 2.24) is 0 Å². The molecule has 164 valence electrons. The minimum atomic E-state index is -0.613. The summed E-state index contributed by atoms with van der Waals surface area (Å²) >= 11 is 0. The van der Waals surface area contributed by atoms with Crippen LogP contribution in [0.15, 0.2) is 35.5 Å². The highest BCUT2D eigenvalue weighted by atomic mass is 16.3. The van der Waals surface area contributed by atoms with E-state index in [4.69, 9.17) is 0 Å². The highest BCUT2D eigenvalue weighted by Gasteiger charge is 2.50. The topological polar surface area (TPSA) is 60.7 Å². The van der Waals surface area contributed by atoms with Gasteiger partial charge in [0.1, 0.15) is 0 Å². The van der Waals surface area contributed by atoms with Crippen molar-refractivity contribution in [3.05, 3.63) is 35.5 Å². The van der Waals surface area contributed by atoms with E-state index in [1.807, 2.05) is 6.92 Å². The summed E-state index contributed by atoms with van der Waals surface area (Å²) in [5.74, 6) is 2.17. The van der Waals surface area contributed by atoms with Gasteiger partial charge in [-0.1, -0.05) is 56.6 Å². The molecule has 0 bridgehead atoms. The molecule has 0 aromatic heterocycles. The van der Waals surface area contributed by atoms with E-state index in [9.17, 15) is 15.3 Å². The molecule has 3 aliphatic rings. The van der Waals surface area contributed by atoms with Gasteiger partial charge in [0.05, 0.1) is 18.3 Å². The number of allylic oxidation sites excluding steroid dienone is 3. The average Bonchev–Trinajstić information content (AvgIpc) is 3.01. The van der Waals surface area contributed by atoms with Crippen LogP contribution in [0.2, 0.25) is 0 Å². The lowest BCUT2D eigenvalue weighted by Crippen LogP contribution is -2.36. The fourth-order valence-corrected chi connectivity index (χ4v) is 6.58. The number of hydrogen-bond acceptors (Lipinski definition) is 3. The summed E-state index contributed by atoms with van der Waals surface area (Å²) in [5, 5.41) is 29.8. The summed E-state index contributed by atoms with van der Waals surface area (Å²) in [4.78, 5) is 0. The minimum absolute atomic E-state index is 0.180. The molecule has 0 aromatic rings. The smallest absolute Gasteiger partial charge is 0.0809 e. The molecule has 0 radical (unpaired) electrons. The standard InChI is InChI=1S/C26H42O3/c1-17(7-5-8-18(2)27)22-12-13-23-21(9-6-14-26(22,23)4)11-10-20-15-24(28)19(3)25(29)16-20/h10-11,17-18,22-25,27-29H,3,5-9,12-16H2,1-2,4H3/t17-,18-,22+,23?,24+,25+,26+/m0/s1. The van der Waals surface area contributed by atoms with E-state index < -0.39 is 12.2 Å². The maximum absolute atomic E-state index is 10.1. The molecule has 0 aromatic carbocycles. The summed E-state index contributed by atoms with van der Waals surface area (Å²) in [7, 11) is 0. The number of hydrogen-bond donors (Lipinski definition) is 3. The van der Waals surface area contributed by atoms with Gasteiger partial charge in [-0.05, 0) is 87.0 Å². The normalized spacial score (nSPS) is 38.8. The molecule has 1 unspecified atom stereocenters. The van der Waals surface area contributed by atoms with Gasteiger partial charge < -0.3 is 15.3 Å². The van der Waals surface area contributed by atoms with Crippen LogP contribution in [0.5, 0.6) is 0 Å². The average molecular weight is 403 g/mol. The van der Waals surface area contributed by atoms with Crippen molar-refractivity contribution in [2.75, 3.05) is 0 Å². The van der Waals surface area contributed by atoms with Crippen LogP contribution in [0.4, 0.5) is 0 Å². The van der Waals surface area contributed by atoms with E-state index in [1.54, 1.807) is 5.57 Å². The highest BCUT2D eigenvalue weighted by molar-refractivity contribution is 5.29. The van der Waals surface area contributed by atoms with Crippen molar-refractivity contribution in [3.8, 4) is 0 Å². The predicted molar refractivity (Wildman–Crippen MR) is 119 cm³/mol. The quantitative estimate of drug-likeness (QED) is 0.527. The van der Waals surface area contributed by atoms with Gasteiger partial charge >= 0.3 is 0 Å². The molecule has 0 aliphatic heterocycles. The zero-order valence-electron chi connectivity index (χ0n) is 18.7. The first-order chi connectivity index (χ1) is 13.7. The Hall–Kier alpha value is -0.900. The van der Waals surface area contributed by atoms with Crippen LogP contribution in [-0.2, 0) is 0 Å². The third-order valence-electron chi connectivity index (χ3n) is 8.31. The van der Waals surface area contributed by atoms with Crippen LogP contribution in [0.1, 0.15) is 85.0 Å². The van der Waals surface area contributed by atoms with E-state index in [1.165, 1.54) is 38.5 Å². The van der Waals surface area contributed by atoms with Gasteiger partial charge in [0.15, 0.2) is 0 Å². The lowest BCUT2D eigenvalue weighted by molar-refractivity contribution is 0.0907. The van der Waals surface area contributed by atoms with Crippen molar-refractivity contribution in [2.24, 2.45) is 23.2 Å². The zero-order chi connectivity index (χ0) is 21.2. The largest absolute Gasteiger partial charge is 0.393 e. The zero-order valence-corrected chi connectivity index (χ0v) is 18.7. The maximum Gasteiger partial charge on any atom is 0.0809 e. The Kier molecular flexibility index (Phi) is 7.46. The third kappa shape index (κ3) is 5.06. The van der Waals surface area contributed by atoms with Crippen LogP contribution in [0.3, 0.4) is 0 Å². The highest BCUT2D eigenvalue weighted by Crippen LogP contribution is 2.59. The fourth-order valence-electron chi connectivity index (χ4n) is 6.58. The molecule has 3 rings (SSSR count). The molecule has 3 nitrogen and oxygen atoms in total. The number of rotatable bonds is 6. The lowest BCUT2D eigenvalue weighted by Gasteiger charge is -2.44. The van der Waals surface area contributed by atoms with Gasteiger partial charge in [-0.2, -0.15) is 0 Å². The number of aliphatic hydroxyl groups excluding tert-OH is 3. The molecule has 0 spiro atoms. The van der Waals surface area contributed by atoms with Crippen molar-refractivity contribution in [1.29, 1.82) is 0 Å². The van der Waals surface area contributed by atoms with Crippen molar-refractivity contribution >= 4 is 0 Å². The molecule has 3 N–H and O–H groups in total. The molecule has 0 saturated heterocycles. The van der Waals surface area contributed by atoms with Gasteiger partial charge in [0.25, 0.3) is 0 Å². The van der Waals surface area contributed by atoms with Crippen LogP contribution >= 0.6 is 0 Å². The molecule has 3 aliphatic carbocycles. The molecule has 3 saturated carbocycles. The maximum atomic E-state index is 10.1. The van der Waals surface area contributed by atoms with Crippen LogP contribution in [-0.4, -0.2) is 33.6 Å². The van der Waals surface area contributed by atoms with Gasteiger partial charge in [-0.25, -0.2) is 0 Å². The Balaban J connectivity index is 1.68. The molecule has 0 heterocycles. The van der Waals surface area contributed by atoms with Crippen molar-refractivity contribution in [2.45, 2.75) is 103 Å². The molecule has 29 heavy (non-hydrogen) atoms.